The number of hydrogen-bond donors (Lipinski definition) is 2. The van der Waals surface area contributed by atoms with Crippen molar-refractivity contribution in [3.63, 3.8) is 0 Å². The first-order chi connectivity index (χ1) is 10.7. The first kappa shape index (κ1) is 15.0. The minimum Gasteiger partial charge on any atom is -0.477 e. The summed E-state index contributed by atoms with van der Waals surface area (Å²) in [4.78, 5) is 21.1. The zero-order chi connectivity index (χ0) is 15.4. The van der Waals surface area contributed by atoms with Crippen molar-refractivity contribution in [2.24, 2.45) is 0 Å². The van der Waals surface area contributed by atoms with Crippen LogP contribution in [0.1, 0.15) is 45.3 Å². The quantitative estimate of drug-likeness (QED) is 0.801. The van der Waals surface area contributed by atoms with E-state index in [9.17, 15) is 4.79 Å². The normalized spacial score (nSPS) is 13.6. The maximum Gasteiger partial charge on any atom is 0.354 e. The van der Waals surface area contributed by atoms with Gasteiger partial charge in [-0.25, -0.2) is 14.8 Å². The molecule has 0 spiro atoms. The fourth-order valence-electron chi connectivity index (χ4n) is 2.62. The number of nitrogens with one attached hydrogen (secondary N) is 1. The van der Waals surface area contributed by atoms with E-state index in [0.29, 0.717) is 5.82 Å². The van der Waals surface area contributed by atoms with Gasteiger partial charge in [0.2, 0.25) is 0 Å². The number of carboxylic acids is 1. The number of hydrogen-bond acceptors (Lipinski definition) is 5. The van der Waals surface area contributed by atoms with Gasteiger partial charge in [-0.2, -0.15) is 0 Å². The van der Waals surface area contributed by atoms with Crippen LogP contribution in [-0.4, -0.2) is 27.6 Å². The molecule has 0 saturated carbocycles. The summed E-state index contributed by atoms with van der Waals surface area (Å²) in [5.41, 5.74) is 1.38. The molecule has 3 rings (SSSR count). The maximum atomic E-state index is 10.9. The van der Waals surface area contributed by atoms with Crippen LogP contribution in [0.2, 0.25) is 0 Å². The highest BCUT2D eigenvalue weighted by molar-refractivity contribution is 7.11. The number of carbonyl (C=O) groups is 1. The molecule has 22 heavy (non-hydrogen) atoms. The molecule has 2 aromatic heterocycles. The third kappa shape index (κ3) is 3.62. The summed E-state index contributed by atoms with van der Waals surface area (Å²) in [5, 5.41) is 13.3. The van der Waals surface area contributed by atoms with Crippen molar-refractivity contribution in [2.45, 2.75) is 38.5 Å². The number of carboxylic acid groups (broad SMARTS) is 1. The lowest BCUT2D eigenvalue weighted by Gasteiger charge is -2.06. The third-order valence-electron chi connectivity index (χ3n) is 3.73. The topological polar surface area (TPSA) is 75.1 Å². The molecule has 0 unspecified atom stereocenters. The number of rotatable bonds is 6. The second-order valence-electron chi connectivity index (χ2n) is 5.43. The van der Waals surface area contributed by atoms with E-state index in [2.05, 4.69) is 10.3 Å². The van der Waals surface area contributed by atoms with Crippen molar-refractivity contribution in [1.29, 1.82) is 0 Å². The Morgan fingerprint density at radius 2 is 2.14 bits per heavy atom. The lowest BCUT2D eigenvalue weighted by molar-refractivity contribution is 0.0690. The van der Waals surface area contributed by atoms with Gasteiger partial charge in [0, 0.05) is 17.8 Å². The smallest absolute Gasteiger partial charge is 0.354 e. The molecule has 0 radical (unpaired) electrons. The predicted molar refractivity (Wildman–Crippen MR) is 86.8 cm³/mol. The van der Waals surface area contributed by atoms with Crippen LogP contribution in [-0.2, 0) is 19.3 Å². The summed E-state index contributed by atoms with van der Waals surface area (Å²) in [6.45, 7) is 0.764. The van der Waals surface area contributed by atoms with Gasteiger partial charge in [0.15, 0.2) is 5.69 Å². The molecule has 2 heterocycles. The van der Waals surface area contributed by atoms with Crippen molar-refractivity contribution in [3.8, 4) is 0 Å². The zero-order valence-corrected chi connectivity index (χ0v) is 13.2. The van der Waals surface area contributed by atoms with Gasteiger partial charge in [-0.3, -0.25) is 0 Å². The second kappa shape index (κ2) is 6.87. The Labute approximate surface area is 133 Å². The number of fused-ring (bicyclic) bond motifs is 1. The average Bonchev–Trinajstić information content (AvgIpc) is 2.94. The molecule has 1 aliphatic carbocycles. The molecule has 0 atom stereocenters. The van der Waals surface area contributed by atoms with Crippen LogP contribution in [0, 0.1) is 0 Å². The van der Waals surface area contributed by atoms with Gasteiger partial charge < -0.3 is 10.4 Å². The zero-order valence-electron chi connectivity index (χ0n) is 12.3. The highest BCUT2D eigenvalue weighted by Gasteiger charge is 2.14. The molecule has 0 bridgehead atoms. The fraction of sp³-hybridized carbons (Fsp3) is 0.438. The number of aryl methyl sites for hydroxylation is 3. The molecule has 0 aromatic carbocycles. The Hall–Kier alpha value is -1.95. The first-order valence-corrected chi connectivity index (χ1v) is 8.46. The molecule has 0 aliphatic heterocycles. The number of aromatic nitrogens is 2. The van der Waals surface area contributed by atoms with E-state index < -0.39 is 5.97 Å². The van der Waals surface area contributed by atoms with Crippen LogP contribution in [0.4, 0.5) is 5.82 Å². The van der Waals surface area contributed by atoms with Crippen molar-refractivity contribution >= 4 is 23.1 Å². The van der Waals surface area contributed by atoms with E-state index in [0.717, 1.165) is 25.8 Å². The molecule has 2 aromatic rings. The number of nitrogens with zero attached hydrogens (tertiary/aromatic N) is 2. The molecule has 116 valence electrons. The van der Waals surface area contributed by atoms with Gasteiger partial charge in [-0.1, -0.05) is 6.07 Å². The Kier molecular flexibility index (Phi) is 4.68. The highest BCUT2D eigenvalue weighted by atomic mass is 32.1. The third-order valence-corrected chi connectivity index (χ3v) is 4.95. The number of anilines is 1. The molecule has 6 heteroatoms. The molecule has 1 aliphatic rings. The minimum atomic E-state index is -1.00. The van der Waals surface area contributed by atoms with Crippen LogP contribution >= 0.6 is 11.3 Å². The molecule has 0 amide bonds. The minimum absolute atomic E-state index is 0.0672. The van der Waals surface area contributed by atoms with E-state index in [-0.39, 0.29) is 5.69 Å². The predicted octanol–water partition coefficient (Wildman–Crippen LogP) is 3.16. The van der Waals surface area contributed by atoms with Crippen molar-refractivity contribution in [2.75, 3.05) is 11.9 Å². The first-order valence-electron chi connectivity index (χ1n) is 7.64. The van der Waals surface area contributed by atoms with Gasteiger partial charge in [-0.15, -0.1) is 11.3 Å². The molecule has 0 fully saturated rings. The van der Waals surface area contributed by atoms with Gasteiger partial charge in [-0.05, 0) is 44.2 Å². The van der Waals surface area contributed by atoms with E-state index in [1.165, 1.54) is 40.9 Å². The maximum absolute atomic E-state index is 10.9. The fourth-order valence-corrected chi connectivity index (χ4v) is 3.82. The van der Waals surface area contributed by atoms with Gasteiger partial charge >= 0.3 is 5.97 Å². The van der Waals surface area contributed by atoms with E-state index in [1.54, 1.807) is 12.1 Å². The van der Waals surface area contributed by atoms with Crippen molar-refractivity contribution in [1.82, 2.24) is 9.97 Å². The van der Waals surface area contributed by atoms with Gasteiger partial charge in [0.25, 0.3) is 0 Å². The number of aromatic carboxylic acids is 1. The summed E-state index contributed by atoms with van der Waals surface area (Å²) in [5.74, 6) is -0.393. The van der Waals surface area contributed by atoms with Crippen LogP contribution in [0.3, 0.4) is 0 Å². The van der Waals surface area contributed by atoms with Crippen LogP contribution < -0.4 is 5.32 Å². The summed E-state index contributed by atoms with van der Waals surface area (Å²) in [6, 6.07) is 4.98. The molecule has 0 saturated heterocycles. The second-order valence-corrected chi connectivity index (χ2v) is 6.60. The Bertz CT molecular complexity index is 646. The molecular formula is C16H19N3O2S. The van der Waals surface area contributed by atoms with E-state index in [1.807, 2.05) is 11.3 Å². The SMILES string of the molecule is O=C(O)c1cccc(NCCCc2nc3c(s2)CCCC3)n1. The van der Waals surface area contributed by atoms with E-state index >= 15 is 0 Å². The van der Waals surface area contributed by atoms with Crippen LogP contribution in [0.25, 0.3) is 0 Å². The van der Waals surface area contributed by atoms with Crippen molar-refractivity contribution < 1.29 is 9.90 Å². The highest BCUT2D eigenvalue weighted by Crippen LogP contribution is 2.27. The average molecular weight is 317 g/mol. The van der Waals surface area contributed by atoms with Gasteiger partial charge in [0.1, 0.15) is 5.82 Å². The lowest BCUT2D eigenvalue weighted by Crippen LogP contribution is -2.07. The summed E-state index contributed by atoms with van der Waals surface area (Å²) in [6.07, 6.45) is 6.81. The Morgan fingerprint density at radius 3 is 2.95 bits per heavy atom. The van der Waals surface area contributed by atoms with Crippen LogP contribution in [0.15, 0.2) is 18.2 Å². The van der Waals surface area contributed by atoms with Crippen LogP contribution in [0.5, 0.6) is 0 Å². The molecule has 5 nitrogen and oxygen atoms in total. The summed E-state index contributed by atoms with van der Waals surface area (Å²) < 4.78 is 0. The Balaban J connectivity index is 1.48. The lowest BCUT2D eigenvalue weighted by atomic mass is 10.0. The standard InChI is InChI=1S/C16H19N3O2S/c20-16(21)12-6-3-8-14(18-12)17-10-4-9-15-19-11-5-1-2-7-13(11)22-15/h3,6,8H,1-2,4-5,7,9-10H2,(H,17,18)(H,20,21). The Morgan fingerprint density at radius 1 is 1.27 bits per heavy atom. The molecular weight excluding hydrogens is 298 g/mol. The van der Waals surface area contributed by atoms with E-state index in [4.69, 9.17) is 10.1 Å². The van der Waals surface area contributed by atoms with Gasteiger partial charge in [0.05, 0.1) is 10.7 Å². The summed E-state index contributed by atoms with van der Waals surface area (Å²) >= 11 is 1.86. The number of thiazole rings is 1. The largest absolute Gasteiger partial charge is 0.477 e. The monoisotopic (exact) mass is 317 g/mol. The molecule has 2 N–H and O–H groups in total. The van der Waals surface area contributed by atoms with Crippen molar-refractivity contribution in [3.05, 3.63) is 39.5 Å². The summed E-state index contributed by atoms with van der Waals surface area (Å²) in [7, 11) is 0. The number of pyridine rings is 1.